The summed E-state index contributed by atoms with van der Waals surface area (Å²) in [6.45, 7) is 4.61. The van der Waals surface area contributed by atoms with E-state index >= 15 is 0 Å². The molecule has 1 N–H and O–H groups in total. The van der Waals surface area contributed by atoms with Crippen LogP contribution in [0.2, 0.25) is 0 Å². The van der Waals surface area contributed by atoms with Gasteiger partial charge in [0.1, 0.15) is 0 Å². The van der Waals surface area contributed by atoms with Crippen LogP contribution in [0.25, 0.3) is 0 Å². The van der Waals surface area contributed by atoms with E-state index in [1.54, 1.807) is 0 Å². The van der Waals surface area contributed by atoms with Crippen LogP contribution in [0.4, 0.5) is 0 Å². The maximum Gasteiger partial charge on any atom is 0.0695 e. The van der Waals surface area contributed by atoms with Crippen molar-refractivity contribution < 1.29 is 5.11 Å². The Bertz CT molecular complexity index is 269. The summed E-state index contributed by atoms with van der Waals surface area (Å²) in [4.78, 5) is 4.94. The number of hydrogen-bond donors (Lipinski definition) is 1. The molecule has 2 aliphatic rings. The second-order valence-corrected chi connectivity index (χ2v) is 6.86. The lowest BCUT2D eigenvalue weighted by Gasteiger charge is -2.45. The molecule has 0 radical (unpaired) electrons. The van der Waals surface area contributed by atoms with Gasteiger partial charge in [0.2, 0.25) is 0 Å². The predicted molar refractivity (Wildman–Crippen MR) is 80.3 cm³/mol. The first kappa shape index (κ1) is 15.3. The molecule has 1 saturated heterocycles. The Morgan fingerprint density at radius 1 is 1.21 bits per heavy atom. The maximum atomic E-state index is 10.4. The lowest BCUT2D eigenvalue weighted by Crippen LogP contribution is -2.54. The van der Waals surface area contributed by atoms with Crippen LogP contribution in [-0.2, 0) is 0 Å². The third-order valence-electron chi connectivity index (χ3n) is 5.21. The van der Waals surface area contributed by atoms with E-state index < -0.39 is 0 Å². The molecule has 0 spiro atoms. The predicted octanol–water partition coefficient (Wildman–Crippen LogP) is 2.34. The van der Waals surface area contributed by atoms with Crippen molar-refractivity contribution in [3.63, 3.8) is 0 Å². The minimum Gasteiger partial charge on any atom is -0.391 e. The highest BCUT2D eigenvalue weighted by Crippen LogP contribution is 2.32. The van der Waals surface area contributed by atoms with Crippen LogP contribution in [0.1, 0.15) is 51.9 Å². The molecule has 1 heterocycles. The monoisotopic (exact) mass is 268 g/mol. The molecule has 1 saturated carbocycles. The summed E-state index contributed by atoms with van der Waals surface area (Å²) in [7, 11) is 4.37. The molecular formula is C16H32N2O. The van der Waals surface area contributed by atoms with Crippen molar-refractivity contribution in [2.45, 2.75) is 70.1 Å². The van der Waals surface area contributed by atoms with Crippen molar-refractivity contribution in [2.24, 2.45) is 5.92 Å². The van der Waals surface area contributed by atoms with Crippen LogP contribution in [-0.4, -0.2) is 60.3 Å². The largest absolute Gasteiger partial charge is 0.391 e. The maximum absolute atomic E-state index is 10.4. The Morgan fingerprint density at radius 3 is 2.68 bits per heavy atom. The number of likely N-dealkylation sites (tertiary alicyclic amines) is 1. The van der Waals surface area contributed by atoms with Gasteiger partial charge in [-0.3, -0.25) is 4.90 Å². The average molecular weight is 268 g/mol. The van der Waals surface area contributed by atoms with Crippen LogP contribution < -0.4 is 0 Å². The van der Waals surface area contributed by atoms with Gasteiger partial charge in [-0.2, -0.15) is 0 Å². The lowest BCUT2D eigenvalue weighted by atomic mass is 9.80. The van der Waals surface area contributed by atoms with E-state index in [4.69, 9.17) is 0 Å². The fourth-order valence-corrected chi connectivity index (χ4v) is 3.98. The fourth-order valence-electron chi connectivity index (χ4n) is 3.98. The highest BCUT2D eigenvalue weighted by molar-refractivity contribution is 4.90. The average Bonchev–Trinajstić information content (AvgIpc) is 2.41. The SMILES string of the molecule is CCCC1CCC(O)C(N2CCCC(N(C)C)C2)C1. The topological polar surface area (TPSA) is 26.7 Å². The molecule has 3 heteroatoms. The molecule has 19 heavy (non-hydrogen) atoms. The molecule has 2 fully saturated rings. The van der Waals surface area contributed by atoms with Crippen molar-refractivity contribution in [2.75, 3.05) is 27.2 Å². The van der Waals surface area contributed by atoms with E-state index in [2.05, 4.69) is 30.8 Å². The number of hydrogen-bond acceptors (Lipinski definition) is 3. The summed E-state index contributed by atoms with van der Waals surface area (Å²) >= 11 is 0. The van der Waals surface area contributed by atoms with Crippen molar-refractivity contribution in [1.29, 1.82) is 0 Å². The van der Waals surface area contributed by atoms with Crippen molar-refractivity contribution in [1.82, 2.24) is 9.80 Å². The Labute approximate surface area is 119 Å². The summed E-state index contributed by atoms with van der Waals surface area (Å²) in [5.41, 5.74) is 0. The number of rotatable bonds is 4. The summed E-state index contributed by atoms with van der Waals surface area (Å²) in [5, 5.41) is 10.4. The normalized spacial score (nSPS) is 37.7. The molecule has 4 unspecified atom stereocenters. The van der Waals surface area contributed by atoms with Crippen molar-refractivity contribution in [3.05, 3.63) is 0 Å². The third-order valence-corrected chi connectivity index (χ3v) is 5.21. The number of likely N-dealkylation sites (N-methyl/N-ethyl adjacent to an activating group) is 1. The highest BCUT2D eigenvalue weighted by atomic mass is 16.3. The molecule has 0 amide bonds. The third kappa shape index (κ3) is 3.93. The van der Waals surface area contributed by atoms with Crippen LogP contribution >= 0.6 is 0 Å². The van der Waals surface area contributed by atoms with Gasteiger partial charge in [-0.25, -0.2) is 0 Å². The van der Waals surface area contributed by atoms with E-state index in [9.17, 15) is 5.11 Å². The van der Waals surface area contributed by atoms with E-state index in [1.807, 2.05) is 0 Å². The zero-order valence-corrected chi connectivity index (χ0v) is 13.0. The summed E-state index contributed by atoms with van der Waals surface area (Å²) in [6.07, 6.45) is 8.59. The molecule has 2 rings (SSSR count). The summed E-state index contributed by atoms with van der Waals surface area (Å²) in [5.74, 6) is 0.845. The Balaban J connectivity index is 1.94. The van der Waals surface area contributed by atoms with Gasteiger partial charge in [0, 0.05) is 18.6 Å². The van der Waals surface area contributed by atoms with E-state index in [0.717, 1.165) is 18.9 Å². The molecule has 112 valence electrons. The van der Waals surface area contributed by atoms with E-state index in [-0.39, 0.29) is 6.10 Å². The molecule has 0 bridgehead atoms. The first-order chi connectivity index (χ1) is 9.11. The van der Waals surface area contributed by atoms with E-state index in [1.165, 1.54) is 45.1 Å². The molecule has 0 aromatic carbocycles. The molecule has 4 atom stereocenters. The fraction of sp³-hybridized carbons (Fsp3) is 1.00. The van der Waals surface area contributed by atoms with E-state index in [0.29, 0.717) is 12.1 Å². The van der Waals surface area contributed by atoms with Crippen LogP contribution in [0.5, 0.6) is 0 Å². The summed E-state index contributed by atoms with van der Waals surface area (Å²) < 4.78 is 0. The highest BCUT2D eigenvalue weighted by Gasteiger charge is 2.35. The minimum atomic E-state index is -0.0889. The summed E-state index contributed by atoms with van der Waals surface area (Å²) in [6, 6.07) is 1.10. The number of piperidine rings is 1. The van der Waals surface area contributed by atoms with Gasteiger partial charge in [-0.1, -0.05) is 19.8 Å². The molecule has 1 aliphatic carbocycles. The lowest BCUT2D eigenvalue weighted by molar-refractivity contribution is -0.0191. The Hall–Kier alpha value is -0.120. The van der Waals surface area contributed by atoms with Crippen molar-refractivity contribution in [3.8, 4) is 0 Å². The Kier molecular flexibility index (Phi) is 5.67. The molecule has 0 aromatic rings. The first-order valence-corrected chi connectivity index (χ1v) is 8.20. The standard InChI is InChI=1S/C16H32N2O/c1-4-6-13-8-9-16(19)15(11-13)18-10-5-7-14(12-18)17(2)3/h13-16,19H,4-12H2,1-3H3. The molecule has 1 aliphatic heterocycles. The molecular weight excluding hydrogens is 236 g/mol. The smallest absolute Gasteiger partial charge is 0.0695 e. The second-order valence-electron chi connectivity index (χ2n) is 6.86. The molecule has 3 nitrogen and oxygen atoms in total. The second kappa shape index (κ2) is 7.05. The van der Waals surface area contributed by atoms with Gasteiger partial charge >= 0.3 is 0 Å². The van der Waals surface area contributed by atoms with Gasteiger partial charge in [-0.15, -0.1) is 0 Å². The van der Waals surface area contributed by atoms with Crippen LogP contribution in [0.3, 0.4) is 0 Å². The quantitative estimate of drug-likeness (QED) is 0.848. The van der Waals surface area contributed by atoms with Gasteiger partial charge in [0.25, 0.3) is 0 Å². The molecule has 0 aromatic heterocycles. The number of nitrogens with zero attached hydrogens (tertiary/aromatic N) is 2. The van der Waals surface area contributed by atoms with Crippen LogP contribution in [0, 0.1) is 5.92 Å². The first-order valence-electron chi connectivity index (χ1n) is 8.20. The number of aliphatic hydroxyl groups excluding tert-OH is 1. The minimum absolute atomic E-state index is 0.0889. The van der Waals surface area contributed by atoms with Gasteiger partial charge in [0.15, 0.2) is 0 Å². The zero-order valence-electron chi connectivity index (χ0n) is 13.0. The van der Waals surface area contributed by atoms with Gasteiger partial charge in [0.05, 0.1) is 6.10 Å². The number of aliphatic hydroxyl groups is 1. The Morgan fingerprint density at radius 2 is 2.00 bits per heavy atom. The zero-order chi connectivity index (χ0) is 13.8. The van der Waals surface area contributed by atoms with Gasteiger partial charge in [-0.05, 0) is 58.7 Å². The van der Waals surface area contributed by atoms with Gasteiger partial charge < -0.3 is 10.0 Å². The van der Waals surface area contributed by atoms with Crippen molar-refractivity contribution >= 4 is 0 Å². The van der Waals surface area contributed by atoms with Crippen LogP contribution in [0.15, 0.2) is 0 Å².